The molecule has 2 heterocycles. The number of halogens is 2. The van der Waals surface area contributed by atoms with Crippen LogP contribution in [-0.4, -0.2) is 28.0 Å². The number of nitrogens with zero attached hydrogens (tertiary/aromatic N) is 3. The number of aromatic nitrogens is 3. The van der Waals surface area contributed by atoms with E-state index in [1.807, 2.05) is 24.3 Å². The summed E-state index contributed by atoms with van der Waals surface area (Å²) in [4.78, 5) is 26.1. The Bertz CT molecular complexity index is 1190. The number of rotatable bonds is 7. The molecule has 2 aromatic carbocycles. The van der Waals surface area contributed by atoms with Crippen LogP contribution in [0, 0.1) is 5.82 Å². The normalized spacial score (nSPS) is 10.7. The number of anilines is 1. The smallest absolute Gasteiger partial charge is 0.231 e. The summed E-state index contributed by atoms with van der Waals surface area (Å²) >= 11 is 6.03. The number of aromatic amines is 1. The Labute approximate surface area is 189 Å². The molecule has 4 aromatic rings. The molecule has 0 aliphatic rings. The van der Waals surface area contributed by atoms with Gasteiger partial charge in [-0.15, -0.1) is 0 Å². The van der Waals surface area contributed by atoms with E-state index in [-0.39, 0.29) is 23.9 Å². The summed E-state index contributed by atoms with van der Waals surface area (Å²) in [5.74, 6) is -0.0638. The van der Waals surface area contributed by atoms with E-state index in [2.05, 4.69) is 15.0 Å². The Hall–Kier alpha value is -3.71. The van der Waals surface area contributed by atoms with E-state index in [9.17, 15) is 9.18 Å². The Balaban J connectivity index is 1.66. The van der Waals surface area contributed by atoms with Gasteiger partial charge in [0.15, 0.2) is 0 Å². The second-order valence-electron chi connectivity index (χ2n) is 7.13. The topological polar surface area (TPSA) is 71.1 Å². The number of carbonyl (C=O) groups excluding carboxylic acids is 1. The van der Waals surface area contributed by atoms with Crippen molar-refractivity contribution >= 4 is 23.2 Å². The number of methoxy groups -OCH3 is 1. The van der Waals surface area contributed by atoms with E-state index in [0.29, 0.717) is 22.6 Å². The Kier molecular flexibility index (Phi) is 6.47. The van der Waals surface area contributed by atoms with Crippen molar-refractivity contribution in [3.05, 3.63) is 95.4 Å². The third-order valence-corrected chi connectivity index (χ3v) is 5.19. The molecule has 0 saturated carbocycles. The number of hydrogen-bond acceptors (Lipinski definition) is 4. The molecular weight excluding hydrogens is 431 g/mol. The van der Waals surface area contributed by atoms with Crippen molar-refractivity contribution in [2.24, 2.45) is 0 Å². The predicted octanol–water partition coefficient (Wildman–Crippen LogP) is 5.05. The molecule has 162 valence electrons. The first-order valence-electron chi connectivity index (χ1n) is 9.84. The number of carbonyl (C=O) groups is 1. The van der Waals surface area contributed by atoms with Crippen LogP contribution in [0.5, 0.6) is 5.75 Å². The Morgan fingerprint density at radius 2 is 1.94 bits per heavy atom. The van der Waals surface area contributed by atoms with Crippen molar-refractivity contribution in [1.29, 1.82) is 0 Å². The van der Waals surface area contributed by atoms with E-state index in [1.54, 1.807) is 49.1 Å². The lowest BCUT2D eigenvalue weighted by molar-refractivity contribution is -0.118. The fourth-order valence-corrected chi connectivity index (χ4v) is 3.69. The van der Waals surface area contributed by atoms with Gasteiger partial charge in [0, 0.05) is 28.7 Å². The van der Waals surface area contributed by atoms with Crippen LogP contribution in [0.15, 0.2) is 73.4 Å². The van der Waals surface area contributed by atoms with Gasteiger partial charge in [-0.25, -0.2) is 9.37 Å². The first kappa shape index (κ1) is 21.5. The zero-order valence-electron chi connectivity index (χ0n) is 17.3. The highest BCUT2D eigenvalue weighted by Crippen LogP contribution is 2.26. The van der Waals surface area contributed by atoms with Crippen molar-refractivity contribution in [2.45, 2.75) is 13.0 Å². The lowest BCUT2D eigenvalue weighted by atomic mass is 10.1. The maximum Gasteiger partial charge on any atom is 0.231 e. The molecule has 4 rings (SSSR count). The molecular formula is C24H20ClFN4O2. The van der Waals surface area contributed by atoms with Gasteiger partial charge >= 0.3 is 0 Å². The number of amides is 1. The van der Waals surface area contributed by atoms with Crippen LogP contribution in [0.25, 0.3) is 11.3 Å². The molecule has 1 amide bonds. The first-order valence-corrected chi connectivity index (χ1v) is 10.2. The molecule has 0 radical (unpaired) electrons. The molecule has 0 aliphatic heterocycles. The molecule has 6 nitrogen and oxygen atoms in total. The van der Waals surface area contributed by atoms with Crippen LogP contribution in [0.3, 0.4) is 0 Å². The summed E-state index contributed by atoms with van der Waals surface area (Å²) in [5.41, 5.74) is 3.71. The van der Waals surface area contributed by atoms with Gasteiger partial charge in [0.05, 0.1) is 38.3 Å². The second-order valence-corrected chi connectivity index (χ2v) is 7.57. The number of pyridine rings is 1. The van der Waals surface area contributed by atoms with Gasteiger partial charge in [0.1, 0.15) is 11.6 Å². The molecule has 32 heavy (non-hydrogen) atoms. The van der Waals surface area contributed by atoms with Crippen molar-refractivity contribution in [2.75, 3.05) is 12.0 Å². The van der Waals surface area contributed by atoms with Crippen LogP contribution in [-0.2, 0) is 17.8 Å². The zero-order chi connectivity index (χ0) is 22.5. The van der Waals surface area contributed by atoms with Gasteiger partial charge in [0.2, 0.25) is 5.91 Å². The summed E-state index contributed by atoms with van der Waals surface area (Å²) in [6, 6.07) is 13.4. The number of benzene rings is 2. The third-order valence-electron chi connectivity index (χ3n) is 4.97. The summed E-state index contributed by atoms with van der Waals surface area (Å²) in [5, 5.41) is 0.274. The highest BCUT2D eigenvalue weighted by molar-refractivity contribution is 6.30. The van der Waals surface area contributed by atoms with Gasteiger partial charge < -0.3 is 14.6 Å². The fourth-order valence-electron chi connectivity index (χ4n) is 3.45. The average molecular weight is 451 g/mol. The molecule has 0 unspecified atom stereocenters. The monoisotopic (exact) mass is 450 g/mol. The SMILES string of the molecule is COc1ccncc1CC(=O)N(Cc1cc(F)cc(Cl)c1)c1ccc(-c2cnc[nH]2)cc1. The quantitative estimate of drug-likeness (QED) is 0.427. The maximum absolute atomic E-state index is 13.9. The second kappa shape index (κ2) is 9.62. The molecule has 0 spiro atoms. The van der Waals surface area contributed by atoms with E-state index < -0.39 is 5.82 Å². The number of ether oxygens (including phenoxy) is 1. The predicted molar refractivity (Wildman–Crippen MR) is 121 cm³/mol. The lowest BCUT2D eigenvalue weighted by Gasteiger charge is -2.24. The molecule has 1 N–H and O–H groups in total. The van der Waals surface area contributed by atoms with Crippen molar-refractivity contribution in [3.8, 4) is 17.0 Å². The summed E-state index contributed by atoms with van der Waals surface area (Å²) in [7, 11) is 1.55. The molecule has 2 aromatic heterocycles. The minimum Gasteiger partial charge on any atom is -0.496 e. The Morgan fingerprint density at radius 1 is 1.12 bits per heavy atom. The van der Waals surface area contributed by atoms with Crippen LogP contribution in [0.2, 0.25) is 5.02 Å². The van der Waals surface area contributed by atoms with Gasteiger partial charge in [-0.05, 0) is 47.5 Å². The van der Waals surface area contributed by atoms with E-state index in [0.717, 1.165) is 11.3 Å². The third kappa shape index (κ3) is 4.95. The van der Waals surface area contributed by atoms with Gasteiger partial charge in [0.25, 0.3) is 0 Å². The minimum absolute atomic E-state index is 0.0718. The number of nitrogens with one attached hydrogen (secondary N) is 1. The first-order chi connectivity index (χ1) is 15.5. The lowest BCUT2D eigenvalue weighted by Crippen LogP contribution is -2.32. The maximum atomic E-state index is 13.9. The number of H-pyrrole nitrogens is 1. The Morgan fingerprint density at radius 3 is 2.62 bits per heavy atom. The minimum atomic E-state index is -0.455. The van der Waals surface area contributed by atoms with Crippen LogP contribution < -0.4 is 9.64 Å². The van der Waals surface area contributed by atoms with Crippen LogP contribution >= 0.6 is 11.6 Å². The van der Waals surface area contributed by atoms with E-state index >= 15 is 0 Å². The number of imidazole rings is 1. The summed E-state index contributed by atoms with van der Waals surface area (Å²) in [6.45, 7) is 0.155. The molecule has 0 aliphatic carbocycles. The summed E-state index contributed by atoms with van der Waals surface area (Å²) in [6.07, 6.45) is 6.61. The van der Waals surface area contributed by atoms with Gasteiger partial charge in [-0.1, -0.05) is 23.7 Å². The number of hydrogen-bond donors (Lipinski definition) is 1. The van der Waals surface area contributed by atoms with Crippen molar-refractivity contribution in [1.82, 2.24) is 15.0 Å². The largest absolute Gasteiger partial charge is 0.496 e. The zero-order valence-corrected chi connectivity index (χ0v) is 18.0. The molecule has 8 heteroatoms. The summed E-state index contributed by atoms with van der Waals surface area (Å²) < 4.78 is 19.3. The van der Waals surface area contributed by atoms with Gasteiger partial charge in [-0.2, -0.15) is 0 Å². The molecule has 0 fully saturated rings. The standard InChI is InChI=1S/C24H20ClFN4O2/c1-32-23-6-7-27-12-18(23)10-24(31)30(14-16-8-19(25)11-20(26)9-16)21-4-2-17(3-5-21)22-13-28-15-29-22/h2-9,11-13,15H,10,14H2,1H3,(H,28,29). The van der Waals surface area contributed by atoms with Crippen molar-refractivity contribution < 1.29 is 13.9 Å². The molecule has 0 atom stereocenters. The molecule has 0 bridgehead atoms. The molecule has 0 saturated heterocycles. The van der Waals surface area contributed by atoms with Crippen molar-refractivity contribution in [3.63, 3.8) is 0 Å². The van der Waals surface area contributed by atoms with Gasteiger partial charge in [-0.3, -0.25) is 9.78 Å². The average Bonchev–Trinajstić information content (AvgIpc) is 3.32. The van der Waals surface area contributed by atoms with Crippen LogP contribution in [0.4, 0.5) is 10.1 Å². The highest BCUT2D eigenvalue weighted by atomic mass is 35.5. The van der Waals surface area contributed by atoms with E-state index in [4.69, 9.17) is 16.3 Å². The highest BCUT2D eigenvalue weighted by Gasteiger charge is 2.19. The fraction of sp³-hybridized carbons (Fsp3) is 0.125. The van der Waals surface area contributed by atoms with E-state index in [1.165, 1.54) is 12.1 Å². The van der Waals surface area contributed by atoms with Crippen LogP contribution in [0.1, 0.15) is 11.1 Å².